The Hall–Kier alpha value is -2.59. The fourth-order valence-corrected chi connectivity index (χ4v) is 2.42. The number of aromatic nitrogens is 2. The molecule has 0 spiro atoms. The van der Waals surface area contributed by atoms with E-state index in [1.807, 2.05) is 30.3 Å². The van der Waals surface area contributed by atoms with Crippen molar-refractivity contribution in [3.8, 4) is 22.4 Å². The van der Waals surface area contributed by atoms with Crippen LogP contribution in [0.1, 0.15) is 11.3 Å². The Labute approximate surface area is 128 Å². The molecule has 0 unspecified atom stereocenters. The molecule has 3 aromatic rings. The highest BCUT2D eigenvalue weighted by molar-refractivity contribution is 5.80. The standard InChI is InChI=1S/C18H16FN3/c1-12-9-14(4-5-17(12)19)18-16(3-2-7-22-18)13-6-8-21-15(10-13)11-20/h2-10H,11,20H2,1H3. The largest absolute Gasteiger partial charge is 0.325 e. The third-order valence-corrected chi connectivity index (χ3v) is 3.58. The summed E-state index contributed by atoms with van der Waals surface area (Å²) in [5.74, 6) is -0.212. The van der Waals surface area contributed by atoms with Gasteiger partial charge in [-0.15, -0.1) is 0 Å². The zero-order valence-electron chi connectivity index (χ0n) is 12.3. The van der Waals surface area contributed by atoms with Crippen molar-refractivity contribution in [3.05, 3.63) is 71.9 Å². The molecule has 3 nitrogen and oxygen atoms in total. The van der Waals surface area contributed by atoms with Crippen LogP contribution in [-0.4, -0.2) is 9.97 Å². The number of nitrogens with two attached hydrogens (primary N) is 1. The molecule has 2 aromatic heterocycles. The predicted molar refractivity (Wildman–Crippen MR) is 85.5 cm³/mol. The number of pyridine rings is 2. The molecule has 0 aliphatic rings. The van der Waals surface area contributed by atoms with Crippen LogP contribution in [0.15, 0.2) is 54.9 Å². The highest BCUT2D eigenvalue weighted by Gasteiger charge is 2.10. The van der Waals surface area contributed by atoms with Crippen LogP contribution in [-0.2, 0) is 6.54 Å². The Bertz CT molecular complexity index is 815. The third kappa shape index (κ3) is 2.73. The molecule has 22 heavy (non-hydrogen) atoms. The number of benzene rings is 1. The van der Waals surface area contributed by atoms with Gasteiger partial charge in [0.25, 0.3) is 0 Å². The molecule has 0 aliphatic carbocycles. The quantitative estimate of drug-likeness (QED) is 0.800. The van der Waals surface area contributed by atoms with Gasteiger partial charge in [0.05, 0.1) is 11.4 Å². The molecule has 0 fully saturated rings. The van der Waals surface area contributed by atoms with Crippen molar-refractivity contribution in [2.45, 2.75) is 13.5 Å². The topological polar surface area (TPSA) is 51.8 Å². The summed E-state index contributed by atoms with van der Waals surface area (Å²) in [6.45, 7) is 2.14. The SMILES string of the molecule is Cc1cc(-c2ncccc2-c2ccnc(CN)c2)ccc1F. The van der Waals surface area contributed by atoms with Crippen LogP contribution in [0.2, 0.25) is 0 Å². The number of hydrogen-bond donors (Lipinski definition) is 1. The molecular formula is C18H16FN3. The molecule has 1 aromatic carbocycles. The molecule has 3 rings (SSSR count). The summed E-state index contributed by atoms with van der Waals surface area (Å²) in [7, 11) is 0. The van der Waals surface area contributed by atoms with Gasteiger partial charge < -0.3 is 5.73 Å². The molecule has 0 saturated heterocycles. The van der Waals surface area contributed by atoms with Crippen LogP contribution in [0, 0.1) is 12.7 Å². The van der Waals surface area contributed by atoms with E-state index >= 15 is 0 Å². The van der Waals surface area contributed by atoms with E-state index in [4.69, 9.17) is 5.73 Å². The monoisotopic (exact) mass is 293 g/mol. The lowest BCUT2D eigenvalue weighted by Gasteiger charge is -2.10. The van der Waals surface area contributed by atoms with E-state index in [1.54, 1.807) is 25.4 Å². The van der Waals surface area contributed by atoms with E-state index in [2.05, 4.69) is 9.97 Å². The summed E-state index contributed by atoms with van der Waals surface area (Å²) in [5.41, 5.74) is 10.8. The lowest BCUT2D eigenvalue weighted by Crippen LogP contribution is -1.99. The van der Waals surface area contributed by atoms with Crippen molar-refractivity contribution >= 4 is 0 Å². The van der Waals surface area contributed by atoms with Crippen LogP contribution < -0.4 is 5.73 Å². The van der Waals surface area contributed by atoms with Crippen molar-refractivity contribution in [1.82, 2.24) is 9.97 Å². The number of rotatable bonds is 3. The lowest BCUT2D eigenvalue weighted by atomic mass is 9.98. The summed E-state index contributed by atoms with van der Waals surface area (Å²) in [5, 5.41) is 0. The van der Waals surface area contributed by atoms with Crippen molar-refractivity contribution in [3.63, 3.8) is 0 Å². The molecule has 0 amide bonds. The summed E-state index contributed by atoms with van der Waals surface area (Å²) in [6.07, 6.45) is 3.48. The zero-order valence-corrected chi connectivity index (χ0v) is 12.3. The second-order valence-electron chi connectivity index (χ2n) is 5.10. The fraction of sp³-hybridized carbons (Fsp3) is 0.111. The van der Waals surface area contributed by atoms with Crippen molar-refractivity contribution < 1.29 is 4.39 Å². The number of hydrogen-bond acceptors (Lipinski definition) is 3. The molecule has 0 bridgehead atoms. The van der Waals surface area contributed by atoms with Crippen molar-refractivity contribution in [2.75, 3.05) is 0 Å². The first-order valence-corrected chi connectivity index (χ1v) is 7.06. The summed E-state index contributed by atoms with van der Waals surface area (Å²) >= 11 is 0. The van der Waals surface area contributed by atoms with Gasteiger partial charge in [-0.25, -0.2) is 4.39 Å². The average Bonchev–Trinajstić information content (AvgIpc) is 2.57. The molecule has 0 atom stereocenters. The summed E-state index contributed by atoms with van der Waals surface area (Å²) in [4.78, 5) is 8.69. The van der Waals surface area contributed by atoms with Crippen LogP contribution in [0.3, 0.4) is 0 Å². The van der Waals surface area contributed by atoms with E-state index in [-0.39, 0.29) is 5.82 Å². The maximum atomic E-state index is 13.5. The third-order valence-electron chi connectivity index (χ3n) is 3.58. The molecular weight excluding hydrogens is 277 g/mol. The van der Waals surface area contributed by atoms with Gasteiger partial charge in [0, 0.05) is 30.1 Å². The van der Waals surface area contributed by atoms with Gasteiger partial charge >= 0.3 is 0 Å². The van der Waals surface area contributed by atoms with E-state index < -0.39 is 0 Å². The minimum Gasteiger partial charge on any atom is -0.325 e. The fourth-order valence-electron chi connectivity index (χ4n) is 2.42. The molecule has 110 valence electrons. The van der Waals surface area contributed by atoms with E-state index in [0.29, 0.717) is 12.1 Å². The van der Waals surface area contributed by atoms with Crippen LogP contribution in [0.4, 0.5) is 4.39 Å². The first-order chi connectivity index (χ1) is 10.7. The Morgan fingerprint density at radius 2 is 1.86 bits per heavy atom. The maximum absolute atomic E-state index is 13.5. The van der Waals surface area contributed by atoms with Gasteiger partial charge in [0.15, 0.2) is 0 Å². The Balaban J connectivity index is 2.15. The smallest absolute Gasteiger partial charge is 0.126 e. The van der Waals surface area contributed by atoms with E-state index in [1.165, 1.54) is 6.07 Å². The van der Waals surface area contributed by atoms with Gasteiger partial charge in [0.1, 0.15) is 5.82 Å². The highest BCUT2D eigenvalue weighted by atomic mass is 19.1. The van der Waals surface area contributed by atoms with Crippen molar-refractivity contribution in [2.24, 2.45) is 5.73 Å². The van der Waals surface area contributed by atoms with Gasteiger partial charge in [0.2, 0.25) is 0 Å². The van der Waals surface area contributed by atoms with Crippen LogP contribution >= 0.6 is 0 Å². The number of halogens is 1. The van der Waals surface area contributed by atoms with Gasteiger partial charge in [-0.1, -0.05) is 6.07 Å². The van der Waals surface area contributed by atoms with Gasteiger partial charge in [-0.3, -0.25) is 9.97 Å². The molecule has 0 aliphatic heterocycles. The van der Waals surface area contributed by atoms with Gasteiger partial charge in [-0.05, 0) is 54.4 Å². The second kappa shape index (κ2) is 6.03. The van der Waals surface area contributed by atoms with Crippen LogP contribution in [0.5, 0.6) is 0 Å². The molecule has 0 saturated carbocycles. The highest BCUT2D eigenvalue weighted by Crippen LogP contribution is 2.31. The van der Waals surface area contributed by atoms with Crippen molar-refractivity contribution in [1.29, 1.82) is 0 Å². The Kier molecular flexibility index (Phi) is 3.94. The number of nitrogens with zero attached hydrogens (tertiary/aromatic N) is 2. The van der Waals surface area contributed by atoms with E-state index in [9.17, 15) is 4.39 Å². The predicted octanol–water partition coefficient (Wildman–Crippen LogP) is 3.72. The normalized spacial score (nSPS) is 10.7. The Morgan fingerprint density at radius 1 is 1.00 bits per heavy atom. The minimum absolute atomic E-state index is 0.212. The maximum Gasteiger partial charge on any atom is 0.126 e. The Morgan fingerprint density at radius 3 is 2.64 bits per heavy atom. The first kappa shape index (κ1) is 14.4. The average molecular weight is 293 g/mol. The second-order valence-corrected chi connectivity index (χ2v) is 5.10. The molecule has 2 N–H and O–H groups in total. The van der Waals surface area contributed by atoms with E-state index in [0.717, 1.165) is 28.1 Å². The summed E-state index contributed by atoms with van der Waals surface area (Å²) < 4.78 is 13.5. The summed E-state index contributed by atoms with van der Waals surface area (Å²) in [6, 6.07) is 12.8. The van der Waals surface area contributed by atoms with Crippen LogP contribution in [0.25, 0.3) is 22.4 Å². The minimum atomic E-state index is -0.212. The zero-order chi connectivity index (χ0) is 15.5. The number of aryl methyl sites for hydroxylation is 1. The first-order valence-electron chi connectivity index (χ1n) is 7.06. The lowest BCUT2D eigenvalue weighted by molar-refractivity contribution is 0.619. The molecule has 4 heteroatoms. The molecule has 0 radical (unpaired) electrons. The molecule has 2 heterocycles. The van der Waals surface area contributed by atoms with Gasteiger partial charge in [-0.2, -0.15) is 0 Å².